The third kappa shape index (κ3) is 6.40. The van der Waals surface area contributed by atoms with Crippen molar-refractivity contribution in [1.82, 2.24) is 10.2 Å². The molecular formula is C20H29ClN2O4. The zero-order valence-corrected chi connectivity index (χ0v) is 17.1. The van der Waals surface area contributed by atoms with Gasteiger partial charge in [-0.15, -0.1) is 0 Å². The normalized spacial score (nSPS) is 16.1. The van der Waals surface area contributed by atoms with Crippen LogP contribution < -0.4 is 10.1 Å². The Labute approximate surface area is 166 Å². The minimum Gasteiger partial charge on any atom is -0.479 e. The number of methoxy groups -OCH3 is 1. The largest absolute Gasteiger partial charge is 0.479 e. The second kappa shape index (κ2) is 10.5. The highest BCUT2D eigenvalue weighted by Gasteiger charge is 2.30. The van der Waals surface area contributed by atoms with Crippen molar-refractivity contribution in [3.63, 3.8) is 0 Å². The molecule has 27 heavy (non-hydrogen) atoms. The SMILES string of the molecule is COCCCNC(=O)C1CCN(C(=O)C(C)Oc2cc(C)ccc2Cl)CC1. The summed E-state index contributed by atoms with van der Waals surface area (Å²) in [6, 6.07) is 5.49. The van der Waals surface area contributed by atoms with Gasteiger partial charge in [-0.3, -0.25) is 9.59 Å². The lowest BCUT2D eigenvalue weighted by Gasteiger charge is -2.33. The van der Waals surface area contributed by atoms with E-state index >= 15 is 0 Å². The summed E-state index contributed by atoms with van der Waals surface area (Å²) < 4.78 is 10.7. The topological polar surface area (TPSA) is 67.9 Å². The molecule has 1 aliphatic rings. The van der Waals surface area contributed by atoms with Crippen molar-refractivity contribution in [2.45, 2.75) is 39.2 Å². The number of nitrogens with zero attached hydrogens (tertiary/aromatic N) is 1. The third-order valence-electron chi connectivity index (χ3n) is 4.74. The van der Waals surface area contributed by atoms with Gasteiger partial charge in [0.15, 0.2) is 6.10 Å². The highest BCUT2D eigenvalue weighted by molar-refractivity contribution is 6.32. The highest BCUT2D eigenvalue weighted by Crippen LogP contribution is 2.27. The second-order valence-corrected chi connectivity index (χ2v) is 7.34. The first-order chi connectivity index (χ1) is 12.9. The molecule has 1 heterocycles. The molecule has 7 heteroatoms. The first-order valence-electron chi connectivity index (χ1n) is 9.40. The lowest BCUT2D eigenvalue weighted by atomic mass is 9.95. The standard InChI is InChI=1S/C20H29ClN2O4/c1-14-5-6-17(21)18(13-14)27-15(2)20(25)23-10-7-16(8-11-23)19(24)22-9-4-12-26-3/h5-6,13,15-16H,4,7-12H2,1-3H3,(H,22,24). The molecule has 2 rings (SSSR count). The molecule has 0 radical (unpaired) electrons. The summed E-state index contributed by atoms with van der Waals surface area (Å²) in [6.45, 7) is 6.05. The number of carbonyl (C=O) groups is 2. The summed E-state index contributed by atoms with van der Waals surface area (Å²) in [5.41, 5.74) is 1.02. The quantitative estimate of drug-likeness (QED) is 0.686. The van der Waals surface area contributed by atoms with Gasteiger partial charge in [0.25, 0.3) is 5.91 Å². The number of nitrogens with one attached hydrogen (secondary N) is 1. The predicted octanol–water partition coefficient (Wildman–Crippen LogP) is 2.81. The van der Waals surface area contributed by atoms with E-state index in [0.717, 1.165) is 12.0 Å². The number of hydrogen-bond donors (Lipinski definition) is 1. The number of amides is 2. The van der Waals surface area contributed by atoms with Gasteiger partial charge in [-0.25, -0.2) is 0 Å². The van der Waals surface area contributed by atoms with Gasteiger partial charge in [-0.1, -0.05) is 17.7 Å². The summed E-state index contributed by atoms with van der Waals surface area (Å²) in [5, 5.41) is 3.43. The number of hydrogen-bond acceptors (Lipinski definition) is 4. The number of ether oxygens (including phenoxy) is 2. The van der Waals surface area contributed by atoms with Gasteiger partial charge in [0, 0.05) is 39.3 Å². The third-order valence-corrected chi connectivity index (χ3v) is 5.05. The number of carbonyl (C=O) groups excluding carboxylic acids is 2. The van der Waals surface area contributed by atoms with Crippen molar-refractivity contribution in [2.24, 2.45) is 5.92 Å². The summed E-state index contributed by atoms with van der Waals surface area (Å²) >= 11 is 6.14. The number of halogens is 1. The van der Waals surface area contributed by atoms with Crippen LogP contribution in [-0.4, -0.2) is 56.2 Å². The Hall–Kier alpha value is -1.79. The summed E-state index contributed by atoms with van der Waals surface area (Å²) in [6.07, 6.45) is 1.51. The van der Waals surface area contributed by atoms with Crippen molar-refractivity contribution in [3.05, 3.63) is 28.8 Å². The van der Waals surface area contributed by atoms with E-state index in [0.29, 0.717) is 49.9 Å². The molecule has 0 bridgehead atoms. The van der Waals surface area contributed by atoms with E-state index in [1.807, 2.05) is 19.1 Å². The van der Waals surface area contributed by atoms with E-state index < -0.39 is 6.10 Å². The molecule has 1 aromatic rings. The fourth-order valence-electron chi connectivity index (χ4n) is 3.13. The van der Waals surface area contributed by atoms with Gasteiger partial charge in [-0.05, 0) is 50.8 Å². The van der Waals surface area contributed by atoms with Gasteiger partial charge < -0.3 is 19.7 Å². The fourth-order valence-corrected chi connectivity index (χ4v) is 3.30. The van der Waals surface area contributed by atoms with Crippen LogP contribution in [0.3, 0.4) is 0 Å². The van der Waals surface area contributed by atoms with E-state index in [-0.39, 0.29) is 17.7 Å². The van der Waals surface area contributed by atoms with Crippen molar-refractivity contribution in [3.8, 4) is 5.75 Å². The Morgan fingerprint density at radius 2 is 2.04 bits per heavy atom. The Kier molecular flexibility index (Phi) is 8.38. The Bertz CT molecular complexity index is 645. The van der Waals surface area contributed by atoms with E-state index in [9.17, 15) is 9.59 Å². The lowest BCUT2D eigenvalue weighted by molar-refractivity contribution is -0.141. The molecule has 2 amide bonds. The van der Waals surface area contributed by atoms with Gasteiger partial charge in [0.2, 0.25) is 5.91 Å². The molecule has 0 aliphatic carbocycles. The molecule has 1 atom stereocenters. The van der Waals surface area contributed by atoms with E-state index in [2.05, 4.69) is 5.32 Å². The molecule has 150 valence electrons. The van der Waals surface area contributed by atoms with Crippen LogP contribution in [0.5, 0.6) is 5.75 Å². The molecule has 1 aliphatic heterocycles. The van der Waals surface area contributed by atoms with Gasteiger partial charge >= 0.3 is 0 Å². The molecule has 1 fully saturated rings. The monoisotopic (exact) mass is 396 g/mol. The number of piperidine rings is 1. The minimum absolute atomic E-state index is 0.0426. The Morgan fingerprint density at radius 3 is 2.70 bits per heavy atom. The van der Waals surface area contributed by atoms with Crippen molar-refractivity contribution < 1.29 is 19.1 Å². The van der Waals surface area contributed by atoms with Crippen LogP contribution in [-0.2, 0) is 14.3 Å². The first kappa shape index (κ1) is 21.5. The maximum Gasteiger partial charge on any atom is 0.263 e. The maximum absolute atomic E-state index is 12.7. The Balaban J connectivity index is 1.80. The molecule has 1 N–H and O–H groups in total. The van der Waals surface area contributed by atoms with Gasteiger partial charge in [0.1, 0.15) is 5.75 Å². The lowest BCUT2D eigenvalue weighted by Crippen LogP contribution is -2.47. The molecule has 0 saturated carbocycles. The number of rotatable bonds is 8. The van der Waals surface area contributed by atoms with Crippen LogP contribution in [0.25, 0.3) is 0 Å². The van der Waals surface area contributed by atoms with Crippen LogP contribution in [0.1, 0.15) is 31.7 Å². The van der Waals surface area contributed by atoms with Crippen LogP contribution in [0.4, 0.5) is 0 Å². The smallest absolute Gasteiger partial charge is 0.263 e. The van der Waals surface area contributed by atoms with Crippen LogP contribution >= 0.6 is 11.6 Å². The summed E-state index contributed by atoms with van der Waals surface area (Å²) in [7, 11) is 1.65. The molecule has 1 unspecified atom stereocenters. The average molecular weight is 397 g/mol. The van der Waals surface area contributed by atoms with E-state index in [1.165, 1.54) is 0 Å². The molecule has 0 aromatic heterocycles. The molecule has 1 saturated heterocycles. The number of likely N-dealkylation sites (tertiary alicyclic amines) is 1. The summed E-state index contributed by atoms with van der Waals surface area (Å²) in [4.78, 5) is 26.6. The molecular weight excluding hydrogens is 368 g/mol. The molecule has 0 spiro atoms. The first-order valence-corrected chi connectivity index (χ1v) is 9.78. The van der Waals surface area contributed by atoms with Gasteiger partial charge in [0.05, 0.1) is 5.02 Å². The highest BCUT2D eigenvalue weighted by atomic mass is 35.5. The van der Waals surface area contributed by atoms with Crippen molar-refractivity contribution in [2.75, 3.05) is 33.4 Å². The number of benzene rings is 1. The molecule has 1 aromatic carbocycles. The van der Waals surface area contributed by atoms with E-state index in [4.69, 9.17) is 21.1 Å². The fraction of sp³-hybridized carbons (Fsp3) is 0.600. The Morgan fingerprint density at radius 1 is 1.33 bits per heavy atom. The number of aryl methyl sites for hydroxylation is 1. The zero-order chi connectivity index (χ0) is 19.8. The van der Waals surface area contributed by atoms with Gasteiger partial charge in [-0.2, -0.15) is 0 Å². The van der Waals surface area contributed by atoms with Crippen LogP contribution in [0, 0.1) is 12.8 Å². The molecule has 6 nitrogen and oxygen atoms in total. The maximum atomic E-state index is 12.7. The summed E-state index contributed by atoms with van der Waals surface area (Å²) in [5.74, 6) is 0.461. The minimum atomic E-state index is -0.622. The average Bonchev–Trinajstić information content (AvgIpc) is 2.67. The second-order valence-electron chi connectivity index (χ2n) is 6.93. The van der Waals surface area contributed by atoms with Crippen molar-refractivity contribution >= 4 is 23.4 Å². The van der Waals surface area contributed by atoms with Crippen LogP contribution in [0.15, 0.2) is 18.2 Å². The zero-order valence-electron chi connectivity index (χ0n) is 16.3. The van der Waals surface area contributed by atoms with E-state index in [1.54, 1.807) is 25.0 Å². The van der Waals surface area contributed by atoms with Crippen molar-refractivity contribution in [1.29, 1.82) is 0 Å². The van der Waals surface area contributed by atoms with Crippen LogP contribution in [0.2, 0.25) is 5.02 Å². The predicted molar refractivity (Wildman–Crippen MR) is 105 cm³/mol.